The number of carbonyl (C=O) groups excluding carboxylic acids is 2. The summed E-state index contributed by atoms with van der Waals surface area (Å²) >= 11 is 1.26. The van der Waals surface area contributed by atoms with Crippen LogP contribution in [0.15, 0.2) is 59.8 Å². The Hall–Kier alpha value is -3.13. The summed E-state index contributed by atoms with van der Waals surface area (Å²) in [6, 6.07) is 17.8. The second-order valence-electron chi connectivity index (χ2n) is 6.22. The third kappa shape index (κ3) is 5.68. The van der Waals surface area contributed by atoms with Crippen molar-refractivity contribution in [2.45, 2.75) is 18.5 Å². The van der Waals surface area contributed by atoms with E-state index in [1.165, 1.54) is 11.8 Å². The van der Waals surface area contributed by atoms with Gasteiger partial charge < -0.3 is 14.6 Å². The van der Waals surface area contributed by atoms with Crippen molar-refractivity contribution in [2.24, 2.45) is 7.05 Å². The maximum absolute atomic E-state index is 12.3. The second-order valence-corrected chi connectivity index (χ2v) is 7.16. The van der Waals surface area contributed by atoms with Crippen LogP contribution in [0.3, 0.4) is 0 Å². The molecule has 7 nitrogen and oxygen atoms in total. The Bertz CT molecular complexity index is 971. The molecule has 0 radical (unpaired) electrons. The lowest BCUT2D eigenvalue weighted by Crippen LogP contribution is -2.15. The zero-order chi connectivity index (χ0) is 20.6. The number of amides is 1. The summed E-state index contributed by atoms with van der Waals surface area (Å²) in [5.74, 6) is 0.197. The van der Waals surface area contributed by atoms with Crippen molar-refractivity contribution in [3.8, 4) is 11.1 Å². The molecule has 1 N–H and O–H groups in total. The quantitative estimate of drug-likeness (QED) is 0.453. The van der Waals surface area contributed by atoms with Crippen molar-refractivity contribution >= 4 is 29.3 Å². The van der Waals surface area contributed by atoms with Crippen LogP contribution in [-0.2, 0) is 27.8 Å². The number of carbonyl (C=O) groups is 2. The van der Waals surface area contributed by atoms with E-state index in [0.29, 0.717) is 17.6 Å². The lowest BCUT2D eigenvalue weighted by Gasteiger charge is -2.07. The highest BCUT2D eigenvalue weighted by Gasteiger charge is 2.15. The second kappa shape index (κ2) is 9.88. The summed E-state index contributed by atoms with van der Waals surface area (Å²) in [5, 5.41) is 11.5. The number of ether oxygens (including phenoxy) is 1. The zero-order valence-corrected chi connectivity index (χ0v) is 17.1. The van der Waals surface area contributed by atoms with E-state index in [1.54, 1.807) is 18.5 Å². The van der Waals surface area contributed by atoms with E-state index in [4.69, 9.17) is 4.74 Å². The normalized spacial score (nSPS) is 10.6. The minimum Gasteiger partial charge on any atom is -0.466 e. The number of aromatic nitrogens is 3. The highest BCUT2D eigenvalue weighted by molar-refractivity contribution is 7.99. The van der Waals surface area contributed by atoms with Crippen molar-refractivity contribution in [3.63, 3.8) is 0 Å². The largest absolute Gasteiger partial charge is 0.466 e. The van der Waals surface area contributed by atoms with Crippen LogP contribution < -0.4 is 5.32 Å². The number of benzene rings is 2. The van der Waals surface area contributed by atoms with E-state index < -0.39 is 0 Å². The summed E-state index contributed by atoms with van der Waals surface area (Å²) < 4.78 is 6.62. The van der Waals surface area contributed by atoms with Crippen LogP contribution in [0.2, 0.25) is 0 Å². The first-order valence-electron chi connectivity index (χ1n) is 9.19. The van der Waals surface area contributed by atoms with Gasteiger partial charge in [0.15, 0.2) is 5.16 Å². The average Bonchev–Trinajstić information content (AvgIpc) is 3.07. The molecule has 1 heterocycles. The van der Waals surface area contributed by atoms with Gasteiger partial charge in [-0.3, -0.25) is 9.59 Å². The van der Waals surface area contributed by atoms with Gasteiger partial charge in [0, 0.05) is 12.7 Å². The van der Waals surface area contributed by atoms with E-state index in [2.05, 4.69) is 15.5 Å². The predicted molar refractivity (Wildman–Crippen MR) is 113 cm³/mol. The van der Waals surface area contributed by atoms with Gasteiger partial charge in [-0.05, 0) is 30.2 Å². The predicted octanol–water partition coefficient (Wildman–Crippen LogP) is 3.32. The summed E-state index contributed by atoms with van der Waals surface area (Å²) in [4.78, 5) is 23.8. The summed E-state index contributed by atoms with van der Waals surface area (Å²) in [6.07, 6.45) is 0.0534. The Morgan fingerprint density at radius 1 is 1.03 bits per heavy atom. The smallest absolute Gasteiger partial charge is 0.313 e. The van der Waals surface area contributed by atoms with Crippen LogP contribution in [0, 0.1) is 0 Å². The van der Waals surface area contributed by atoms with Gasteiger partial charge in [0.1, 0.15) is 12.2 Å². The molecular weight excluding hydrogens is 388 g/mol. The van der Waals surface area contributed by atoms with E-state index in [0.717, 1.165) is 16.8 Å². The zero-order valence-electron chi connectivity index (χ0n) is 16.3. The third-order valence-corrected chi connectivity index (χ3v) is 5.16. The van der Waals surface area contributed by atoms with E-state index >= 15 is 0 Å². The number of hydrogen-bond acceptors (Lipinski definition) is 6. The molecule has 0 fully saturated rings. The fraction of sp³-hybridized carbons (Fsp3) is 0.238. The summed E-state index contributed by atoms with van der Waals surface area (Å²) in [5.41, 5.74) is 2.95. The number of nitrogens with one attached hydrogen (secondary N) is 1. The molecule has 0 atom stereocenters. The van der Waals surface area contributed by atoms with Gasteiger partial charge in [-0.2, -0.15) is 0 Å². The number of thioether (sulfide) groups is 1. The lowest BCUT2D eigenvalue weighted by molar-refractivity contribution is -0.142. The molecule has 0 unspecified atom stereocenters. The van der Waals surface area contributed by atoms with Crippen LogP contribution in [0.4, 0.5) is 5.69 Å². The van der Waals surface area contributed by atoms with Crippen molar-refractivity contribution in [1.82, 2.24) is 14.8 Å². The van der Waals surface area contributed by atoms with Crippen LogP contribution >= 0.6 is 11.8 Å². The number of hydrogen-bond donors (Lipinski definition) is 1. The lowest BCUT2D eigenvalue weighted by atomic mass is 10.1. The van der Waals surface area contributed by atoms with Gasteiger partial charge in [-0.1, -0.05) is 54.2 Å². The van der Waals surface area contributed by atoms with Crippen molar-refractivity contribution in [1.29, 1.82) is 0 Å². The number of rotatable bonds is 8. The van der Waals surface area contributed by atoms with Crippen LogP contribution in [0.5, 0.6) is 0 Å². The summed E-state index contributed by atoms with van der Waals surface area (Å²) in [7, 11) is 1.76. The van der Waals surface area contributed by atoms with E-state index in [1.807, 2.05) is 54.6 Å². The first-order chi connectivity index (χ1) is 14.1. The first kappa shape index (κ1) is 20.6. The number of nitrogens with zero attached hydrogens (tertiary/aromatic N) is 3. The minimum absolute atomic E-state index is 0.0534. The van der Waals surface area contributed by atoms with Crippen LogP contribution in [0.1, 0.15) is 12.7 Å². The Balaban J connectivity index is 1.52. The van der Waals surface area contributed by atoms with Gasteiger partial charge in [-0.15, -0.1) is 10.2 Å². The molecule has 0 aliphatic rings. The first-order valence-corrected chi connectivity index (χ1v) is 10.2. The summed E-state index contributed by atoms with van der Waals surface area (Å²) in [6.45, 7) is 2.08. The van der Waals surface area contributed by atoms with Crippen LogP contribution in [-0.4, -0.2) is 39.0 Å². The van der Waals surface area contributed by atoms with Crippen molar-refractivity contribution in [3.05, 3.63) is 60.4 Å². The molecule has 2 aromatic carbocycles. The molecule has 1 aromatic heterocycles. The van der Waals surface area contributed by atoms with Gasteiger partial charge in [-0.25, -0.2) is 0 Å². The highest BCUT2D eigenvalue weighted by atomic mass is 32.2. The Labute approximate surface area is 173 Å². The Kier molecular flexibility index (Phi) is 7.02. The van der Waals surface area contributed by atoms with Crippen molar-refractivity contribution < 1.29 is 14.3 Å². The Morgan fingerprint density at radius 2 is 1.72 bits per heavy atom. The van der Waals surface area contributed by atoms with Gasteiger partial charge >= 0.3 is 5.97 Å². The highest BCUT2D eigenvalue weighted by Crippen LogP contribution is 2.21. The van der Waals surface area contributed by atoms with E-state index in [9.17, 15) is 9.59 Å². The van der Waals surface area contributed by atoms with Gasteiger partial charge in [0.25, 0.3) is 0 Å². The monoisotopic (exact) mass is 410 g/mol. The molecule has 1 amide bonds. The van der Waals surface area contributed by atoms with Crippen molar-refractivity contribution in [2.75, 3.05) is 17.7 Å². The number of esters is 1. The van der Waals surface area contributed by atoms with Crippen LogP contribution in [0.25, 0.3) is 11.1 Å². The molecule has 150 valence electrons. The molecule has 8 heteroatoms. The molecule has 0 bridgehead atoms. The topological polar surface area (TPSA) is 86.1 Å². The molecule has 3 rings (SSSR count). The number of anilines is 1. The molecule has 29 heavy (non-hydrogen) atoms. The maximum atomic E-state index is 12.3. The standard InChI is InChI=1S/C21H22N4O3S/c1-3-28-20(27)13-18-23-24-21(25(18)2)29-14-19(26)22-17-11-9-16(10-12-17)15-7-5-4-6-8-15/h4-12H,3,13-14H2,1-2H3,(H,22,26). The molecular formula is C21H22N4O3S. The minimum atomic E-state index is -0.351. The Morgan fingerprint density at radius 3 is 2.41 bits per heavy atom. The van der Waals surface area contributed by atoms with E-state index in [-0.39, 0.29) is 24.1 Å². The van der Waals surface area contributed by atoms with Gasteiger partial charge in [0.2, 0.25) is 5.91 Å². The van der Waals surface area contributed by atoms with Gasteiger partial charge in [0.05, 0.1) is 12.4 Å². The fourth-order valence-electron chi connectivity index (χ4n) is 2.67. The molecule has 0 saturated heterocycles. The molecule has 3 aromatic rings. The molecule has 0 spiro atoms. The SMILES string of the molecule is CCOC(=O)Cc1nnc(SCC(=O)Nc2ccc(-c3ccccc3)cc2)n1C. The molecule has 0 saturated carbocycles. The molecule has 0 aliphatic heterocycles. The fourth-order valence-corrected chi connectivity index (χ4v) is 3.40. The third-order valence-electron chi connectivity index (χ3n) is 4.14. The molecule has 0 aliphatic carbocycles. The maximum Gasteiger partial charge on any atom is 0.313 e. The average molecular weight is 410 g/mol.